The molecule has 2 aromatic rings. The van der Waals surface area contributed by atoms with Gasteiger partial charge in [0.05, 0.1) is 11.7 Å². The summed E-state index contributed by atoms with van der Waals surface area (Å²) in [4.78, 5) is 0. The van der Waals surface area contributed by atoms with E-state index in [-0.39, 0.29) is 11.9 Å². The number of anilines is 1. The van der Waals surface area contributed by atoms with Gasteiger partial charge in [-0.25, -0.2) is 4.39 Å². The lowest BCUT2D eigenvalue weighted by molar-refractivity contribution is 0.287. The summed E-state index contributed by atoms with van der Waals surface area (Å²) in [6.45, 7) is 6.52. The Balaban J connectivity index is 1.83. The minimum absolute atomic E-state index is 0.0230. The molecule has 0 aromatic heterocycles. The summed E-state index contributed by atoms with van der Waals surface area (Å²) >= 11 is 8.44. The molecule has 0 amide bonds. The summed E-state index contributed by atoms with van der Waals surface area (Å²) in [5.74, 6) is 0.456. The van der Waals surface area contributed by atoms with E-state index in [9.17, 15) is 4.39 Å². The van der Waals surface area contributed by atoms with Crippen LogP contribution < -0.4 is 15.4 Å². The molecule has 24 heavy (non-hydrogen) atoms. The van der Waals surface area contributed by atoms with Crippen molar-refractivity contribution in [3.63, 3.8) is 0 Å². The van der Waals surface area contributed by atoms with Crippen molar-refractivity contribution in [2.75, 3.05) is 11.9 Å². The van der Waals surface area contributed by atoms with Gasteiger partial charge in [0, 0.05) is 4.47 Å². The van der Waals surface area contributed by atoms with Crippen molar-refractivity contribution in [1.82, 2.24) is 5.32 Å². The van der Waals surface area contributed by atoms with Gasteiger partial charge >= 0.3 is 0 Å². The Kier molecular flexibility index (Phi) is 6.57. The highest BCUT2D eigenvalue weighted by Crippen LogP contribution is 2.19. The van der Waals surface area contributed by atoms with Gasteiger partial charge in [-0.3, -0.25) is 0 Å². The van der Waals surface area contributed by atoms with Crippen LogP contribution in [0, 0.1) is 19.7 Å². The maximum Gasteiger partial charge on any atom is 0.171 e. The Morgan fingerprint density at radius 3 is 2.62 bits per heavy atom. The van der Waals surface area contributed by atoms with E-state index in [1.807, 2.05) is 25.1 Å². The largest absolute Gasteiger partial charge is 0.491 e. The predicted molar refractivity (Wildman–Crippen MR) is 104 cm³/mol. The fourth-order valence-corrected chi connectivity index (χ4v) is 2.68. The van der Waals surface area contributed by atoms with Crippen LogP contribution in [0.15, 0.2) is 40.9 Å². The zero-order valence-corrected chi connectivity index (χ0v) is 16.2. The van der Waals surface area contributed by atoms with Crippen molar-refractivity contribution in [2.24, 2.45) is 0 Å². The van der Waals surface area contributed by atoms with Gasteiger partial charge in [-0.1, -0.05) is 22.0 Å². The topological polar surface area (TPSA) is 33.3 Å². The molecule has 0 aliphatic carbocycles. The monoisotopic (exact) mass is 410 g/mol. The normalized spacial score (nSPS) is 11.7. The van der Waals surface area contributed by atoms with Crippen LogP contribution >= 0.6 is 28.1 Å². The van der Waals surface area contributed by atoms with Crippen molar-refractivity contribution in [3.8, 4) is 5.75 Å². The summed E-state index contributed by atoms with van der Waals surface area (Å²) in [6.07, 6.45) is 0. The van der Waals surface area contributed by atoms with Crippen LogP contribution in [0.4, 0.5) is 10.1 Å². The molecule has 0 heterocycles. The number of ether oxygens (including phenoxy) is 1. The molecule has 0 radical (unpaired) electrons. The molecule has 6 heteroatoms. The van der Waals surface area contributed by atoms with Gasteiger partial charge in [-0.2, -0.15) is 0 Å². The third-order valence-corrected chi connectivity index (χ3v) is 4.25. The van der Waals surface area contributed by atoms with Crippen molar-refractivity contribution in [1.29, 1.82) is 0 Å². The van der Waals surface area contributed by atoms with Gasteiger partial charge in [0.15, 0.2) is 5.11 Å². The summed E-state index contributed by atoms with van der Waals surface area (Å²) in [5.41, 5.74) is 2.75. The highest BCUT2D eigenvalue weighted by atomic mass is 79.9. The second kappa shape index (κ2) is 8.44. The van der Waals surface area contributed by atoms with Crippen LogP contribution in [0.5, 0.6) is 5.75 Å². The third-order valence-electron chi connectivity index (χ3n) is 3.54. The SMILES string of the molecule is Cc1ccc(OC[C@@H](C)NC(=S)Nc2ccc(Br)cc2F)cc1C. The second-order valence-corrected chi connectivity index (χ2v) is 7.00. The number of halogens is 2. The number of nitrogens with one attached hydrogen (secondary N) is 2. The lowest BCUT2D eigenvalue weighted by Crippen LogP contribution is -2.39. The molecule has 0 saturated carbocycles. The van der Waals surface area contributed by atoms with Crippen molar-refractivity contribution in [2.45, 2.75) is 26.8 Å². The quantitative estimate of drug-likeness (QED) is 0.682. The molecule has 2 aromatic carbocycles. The van der Waals surface area contributed by atoms with Gasteiger partial charge in [-0.05, 0) is 74.4 Å². The second-order valence-electron chi connectivity index (χ2n) is 5.68. The third kappa shape index (κ3) is 5.46. The van der Waals surface area contributed by atoms with E-state index in [0.717, 1.165) is 5.75 Å². The zero-order valence-electron chi connectivity index (χ0n) is 13.8. The summed E-state index contributed by atoms with van der Waals surface area (Å²) in [7, 11) is 0. The average molecular weight is 411 g/mol. The molecule has 2 N–H and O–H groups in total. The first kappa shape index (κ1) is 18.7. The lowest BCUT2D eigenvalue weighted by Gasteiger charge is -2.18. The van der Waals surface area contributed by atoms with Crippen molar-refractivity contribution < 1.29 is 9.13 Å². The van der Waals surface area contributed by atoms with E-state index in [0.29, 0.717) is 21.9 Å². The fourth-order valence-electron chi connectivity index (χ4n) is 2.04. The number of benzene rings is 2. The number of hydrogen-bond acceptors (Lipinski definition) is 2. The first-order valence-corrected chi connectivity index (χ1v) is 8.78. The van der Waals surface area contributed by atoms with Crippen LogP contribution in [0.3, 0.4) is 0 Å². The van der Waals surface area contributed by atoms with Crippen LogP contribution in [0.1, 0.15) is 18.1 Å². The number of aryl methyl sites for hydroxylation is 2. The van der Waals surface area contributed by atoms with E-state index < -0.39 is 0 Å². The van der Waals surface area contributed by atoms with Crippen LogP contribution in [-0.2, 0) is 0 Å². The van der Waals surface area contributed by atoms with E-state index in [2.05, 4.69) is 40.4 Å². The minimum atomic E-state index is -0.368. The Hall–Kier alpha value is -1.66. The summed E-state index contributed by atoms with van der Waals surface area (Å²) < 4.78 is 20.2. The van der Waals surface area contributed by atoms with Gasteiger partial charge in [0.25, 0.3) is 0 Å². The van der Waals surface area contributed by atoms with Gasteiger partial charge in [0.2, 0.25) is 0 Å². The highest BCUT2D eigenvalue weighted by Gasteiger charge is 2.08. The Morgan fingerprint density at radius 2 is 1.96 bits per heavy atom. The molecule has 0 saturated heterocycles. The van der Waals surface area contributed by atoms with Crippen molar-refractivity contribution in [3.05, 3.63) is 57.8 Å². The maximum atomic E-state index is 13.8. The summed E-state index contributed by atoms with van der Waals surface area (Å²) in [5, 5.41) is 6.29. The smallest absolute Gasteiger partial charge is 0.171 e. The van der Waals surface area contributed by atoms with Gasteiger partial charge in [-0.15, -0.1) is 0 Å². The first-order valence-electron chi connectivity index (χ1n) is 7.58. The Bertz CT molecular complexity index is 739. The Labute approximate surface area is 155 Å². The maximum absolute atomic E-state index is 13.8. The average Bonchev–Trinajstić information content (AvgIpc) is 2.51. The molecule has 0 bridgehead atoms. The molecule has 3 nitrogen and oxygen atoms in total. The summed E-state index contributed by atoms with van der Waals surface area (Å²) in [6, 6.07) is 10.7. The van der Waals surface area contributed by atoms with Crippen LogP contribution in [-0.4, -0.2) is 17.8 Å². The van der Waals surface area contributed by atoms with Crippen LogP contribution in [0.2, 0.25) is 0 Å². The highest BCUT2D eigenvalue weighted by molar-refractivity contribution is 9.10. The van der Waals surface area contributed by atoms with E-state index >= 15 is 0 Å². The minimum Gasteiger partial charge on any atom is -0.491 e. The van der Waals surface area contributed by atoms with Gasteiger partial charge < -0.3 is 15.4 Å². The van der Waals surface area contributed by atoms with E-state index in [1.54, 1.807) is 12.1 Å². The molecule has 1 atom stereocenters. The van der Waals surface area contributed by atoms with E-state index in [1.165, 1.54) is 17.2 Å². The van der Waals surface area contributed by atoms with E-state index in [4.69, 9.17) is 17.0 Å². The molecule has 0 unspecified atom stereocenters. The Morgan fingerprint density at radius 1 is 1.21 bits per heavy atom. The molecule has 0 spiro atoms. The first-order chi connectivity index (χ1) is 11.3. The lowest BCUT2D eigenvalue weighted by atomic mass is 10.1. The molecular formula is C18H20BrFN2OS. The standard InChI is InChI=1S/C18H20BrFN2OS/c1-11-4-6-15(8-12(11)2)23-10-13(3)21-18(24)22-17-7-5-14(19)9-16(17)20/h4-9,13H,10H2,1-3H3,(H2,21,22,24)/t13-/m1/s1. The number of thiocarbonyl (C=S) groups is 1. The van der Waals surface area contributed by atoms with Crippen molar-refractivity contribution >= 4 is 38.9 Å². The number of hydrogen-bond donors (Lipinski definition) is 2. The molecule has 0 fully saturated rings. The molecule has 0 aliphatic heterocycles. The fraction of sp³-hybridized carbons (Fsp3) is 0.278. The molecule has 2 rings (SSSR count). The molecule has 0 aliphatic rings. The predicted octanol–water partition coefficient (Wildman–Crippen LogP) is 4.96. The van der Waals surface area contributed by atoms with Crippen LogP contribution in [0.25, 0.3) is 0 Å². The molecular weight excluding hydrogens is 391 g/mol. The molecule has 128 valence electrons. The zero-order chi connectivity index (χ0) is 17.7. The number of rotatable bonds is 5. The van der Waals surface area contributed by atoms with Gasteiger partial charge in [0.1, 0.15) is 18.2 Å².